The molecule has 78 valence electrons. The van der Waals surface area contributed by atoms with Crippen LogP contribution in [-0.4, -0.2) is 12.1 Å². The molecule has 14 heavy (non-hydrogen) atoms. The molecule has 0 atom stereocenters. The van der Waals surface area contributed by atoms with Crippen LogP contribution in [0.4, 0.5) is 8.78 Å². The zero-order valence-electron chi connectivity index (χ0n) is 8.05. The lowest BCUT2D eigenvalue weighted by atomic mass is 10.1. The Bertz CT molecular complexity index is 329. The Morgan fingerprint density at radius 1 is 1.57 bits per heavy atom. The molecular formula is C9H12F2N2O. The minimum absolute atomic E-state index is 0.176. The number of halogens is 2. The van der Waals surface area contributed by atoms with E-state index in [9.17, 15) is 8.78 Å². The molecule has 0 aromatic carbocycles. The van der Waals surface area contributed by atoms with Gasteiger partial charge in [-0.15, -0.1) is 0 Å². The van der Waals surface area contributed by atoms with Gasteiger partial charge in [-0.1, -0.05) is 0 Å². The molecule has 0 amide bonds. The Labute approximate surface area is 80.9 Å². The number of hydrogen-bond acceptors (Lipinski definition) is 3. The van der Waals surface area contributed by atoms with Crippen molar-refractivity contribution in [2.24, 2.45) is 5.73 Å². The average molecular weight is 202 g/mol. The van der Waals surface area contributed by atoms with Gasteiger partial charge in [0.15, 0.2) is 0 Å². The SMILES string of the molecule is COc1c(C(F)F)cnc(CN)c1C. The van der Waals surface area contributed by atoms with Gasteiger partial charge < -0.3 is 10.5 Å². The van der Waals surface area contributed by atoms with Crippen LogP contribution in [0.15, 0.2) is 6.20 Å². The molecule has 0 bridgehead atoms. The summed E-state index contributed by atoms with van der Waals surface area (Å²) in [5.74, 6) is 0.176. The summed E-state index contributed by atoms with van der Waals surface area (Å²) in [5, 5.41) is 0. The number of hydrogen-bond donors (Lipinski definition) is 1. The number of aromatic nitrogens is 1. The fourth-order valence-corrected chi connectivity index (χ4v) is 1.28. The maximum absolute atomic E-state index is 12.5. The minimum atomic E-state index is -2.58. The second-order valence-electron chi connectivity index (χ2n) is 2.82. The Morgan fingerprint density at radius 3 is 2.64 bits per heavy atom. The van der Waals surface area contributed by atoms with E-state index in [1.54, 1.807) is 6.92 Å². The van der Waals surface area contributed by atoms with E-state index < -0.39 is 6.43 Å². The third-order valence-electron chi connectivity index (χ3n) is 2.03. The fraction of sp³-hybridized carbons (Fsp3) is 0.444. The van der Waals surface area contributed by atoms with Gasteiger partial charge >= 0.3 is 0 Å². The van der Waals surface area contributed by atoms with Crippen LogP contribution < -0.4 is 10.5 Å². The van der Waals surface area contributed by atoms with Crippen molar-refractivity contribution in [1.82, 2.24) is 4.98 Å². The number of alkyl halides is 2. The van der Waals surface area contributed by atoms with E-state index in [0.29, 0.717) is 11.3 Å². The first-order chi connectivity index (χ1) is 6.61. The third kappa shape index (κ3) is 1.82. The maximum atomic E-state index is 12.5. The molecule has 1 aromatic heterocycles. The molecule has 0 spiro atoms. The molecule has 1 rings (SSSR count). The highest BCUT2D eigenvalue weighted by atomic mass is 19.3. The van der Waals surface area contributed by atoms with Crippen LogP contribution in [0.25, 0.3) is 0 Å². The van der Waals surface area contributed by atoms with Crippen molar-refractivity contribution in [3.8, 4) is 5.75 Å². The van der Waals surface area contributed by atoms with Gasteiger partial charge in [0.05, 0.1) is 18.4 Å². The molecule has 1 aromatic rings. The normalized spacial score (nSPS) is 10.7. The summed E-state index contributed by atoms with van der Waals surface area (Å²) < 4.78 is 29.9. The molecule has 2 N–H and O–H groups in total. The Hall–Kier alpha value is -1.23. The molecule has 0 saturated carbocycles. The number of rotatable bonds is 3. The van der Waals surface area contributed by atoms with Gasteiger partial charge in [-0.05, 0) is 6.92 Å². The van der Waals surface area contributed by atoms with Crippen molar-refractivity contribution in [2.75, 3.05) is 7.11 Å². The van der Waals surface area contributed by atoms with Gasteiger partial charge in [-0.25, -0.2) is 8.78 Å². The highest BCUT2D eigenvalue weighted by molar-refractivity contribution is 5.42. The summed E-state index contributed by atoms with van der Waals surface area (Å²) in [5.41, 5.74) is 6.35. The van der Waals surface area contributed by atoms with Crippen LogP contribution in [0.3, 0.4) is 0 Å². The third-order valence-corrected chi connectivity index (χ3v) is 2.03. The summed E-state index contributed by atoms with van der Waals surface area (Å²) in [6.45, 7) is 1.88. The summed E-state index contributed by atoms with van der Waals surface area (Å²) >= 11 is 0. The van der Waals surface area contributed by atoms with E-state index >= 15 is 0 Å². The van der Waals surface area contributed by atoms with Crippen molar-refractivity contribution in [1.29, 1.82) is 0 Å². The highest BCUT2D eigenvalue weighted by Gasteiger charge is 2.18. The molecule has 0 saturated heterocycles. The lowest BCUT2D eigenvalue weighted by Crippen LogP contribution is -2.06. The lowest BCUT2D eigenvalue weighted by Gasteiger charge is -2.12. The maximum Gasteiger partial charge on any atom is 0.268 e. The van der Waals surface area contributed by atoms with Crippen LogP contribution in [0.5, 0.6) is 5.75 Å². The molecule has 1 heterocycles. The van der Waals surface area contributed by atoms with E-state index in [-0.39, 0.29) is 17.9 Å². The largest absolute Gasteiger partial charge is 0.496 e. The summed E-state index contributed by atoms with van der Waals surface area (Å²) in [6, 6.07) is 0. The molecule has 0 radical (unpaired) electrons. The molecule has 5 heteroatoms. The molecule has 3 nitrogen and oxygen atoms in total. The minimum Gasteiger partial charge on any atom is -0.496 e. The molecule has 0 unspecified atom stereocenters. The van der Waals surface area contributed by atoms with E-state index in [4.69, 9.17) is 10.5 Å². The topological polar surface area (TPSA) is 48.1 Å². The predicted molar refractivity (Wildman–Crippen MR) is 48.4 cm³/mol. The number of pyridine rings is 1. The van der Waals surface area contributed by atoms with E-state index in [0.717, 1.165) is 6.20 Å². The number of methoxy groups -OCH3 is 1. The van der Waals surface area contributed by atoms with Gasteiger partial charge in [0, 0.05) is 18.3 Å². The Kier molecular flexibility index (Phi) is 3.35. The van der Waals surface area contributed by atoms with Crippen molar-refractivity contribution in [3.63, 3.8) is 0 Å². The van der Waals surface area contributed by atoms with Crippen molar-refractivity contribution >= 4 is 0 Å². The highest BCUT2D eigenvalue weighted by Crippen LogP contribution is 2.31. The smallest absolute Gasteiger partial charge is 0.268 e. The first kappa shape index (κ1) is 10.8. The van der Waals surface area contributed by atoms with Crippen molar-refractivity contribution in [3.05, 3.63) is 23.0 Å². The monoisotopic (exact) mass is 202 g/mol. The summed E-state index contributed by atoms with van der Waals surface area (Å²) in [7, 11) is 1.36. The molecule has 0 aliphatic carbocycles. The van der Waals surface area contributed by atoms with Crippen LogP contribution >= 0.6 is 0 Å². The van der Waals surface area contributed by atoms with Gasteiger partial charge in [0.25, 0.3) is 6.43 Å². The number of ether oxygens (including phenoxy) is 1. The zero-order valence-corrected chi connectivity index (χ0v) is 8.05. The van der Waals surface area contributed by atoms with Gasteiger partial charge in [0.2, 0.25) is 0 Å². The summed E-state index contributed by atoms with van der Waals surface area (Å²) in [4.78, 5) is 3.84. The summed E-state index contributed by atoms with van der Waals surface area (Å²) in [6.07, 6.45) is -1.47. The molecule has 0 fully saturated rings. The van der Waals surface area contributed by atoms with Crippen LogP contribution in [0.2, 0.25) is 0 Å². The van der Waals surface area contributed by atoms with E-state index in [2.05, 4.69) is 4.98 Å². The fourth-order valence-electron chi connectivity index (χ4n) is 1.28. The second kappa shape index (κ2) is 4.32. The first-order valence-corrected chi connectivity index (χ1v) is 4.12. The van der Waals surface area contributed by atoms with Gasteiger partial charge in [-0.3, -0.25) is 4.98 Å². The van der Waals surface area contributed by atoms with Crippen molar-refractivity contribution in [2.45, 2.75) is 19.9 Å². The second-order valence-corrected chi connectivity index (χ2v) is 2.82. The first-order valence-electron chi connectivity index (χ1n) is 4.12. The number of nitrogens with zero attached hydrogens (tertiary/aromatic N) is 1. The van der Waals surface area contributed by atoms with Crippen LogP contribution in [0.1, 0.15) is 23.2 Å². The molecule has 0 aliphatic rings. The van der Waals surface area contributed by atoms with Gasteiger partial charge in [0.1, 0.15) is 5.75 Å². The number of nitrogens with two attached hydrogens (primary N) is 1. The molecular weight excluding hydrogens is 190 g/mol. The van der Waals surface area contributed by atoms with Gasteiger partial charge in [-0.2, -0.15) is 0 Å². The van der Waals surface area contributed by atoms with E-state index in [1.807, 2.05) is 0 Å². The van der Waals surface area contributed by atoms with E-state index in [1.165, 1.54) is 7.11 Å². The quantitative estimate of drug-likeness (QED) is 0.812. The zero-order chi connectivity index (χ0) is 10.7. The predicted octanol–water partition coefficient (Wildman–Crippen LogP) is 1.79. The lowest BCUT2D eigenvalue weighted by molar-refractivity contribution is 0.146. The van der Waals surface area contributed by atoms with Crippen LogP contribution in [0, 0.1) is 6.92 Å². The standard InChI is InChI=1S/C9H12F2N2O/c1-5-7(3-12)13-4-6(9(10)11)8(5)14-2/h4,9H,3,12H2,1-2H3. The van der Waals surface area contributed by atoms with Crippen molar-refractivity contribution < 1.29 is 13.5 Å². The Balaban J connectivity index is 3.28. The Morgan fingerprint density at radius 2 is 2.21 bits per heavy atom. The average Bonchev–Trinajstić information content (AvgIpc) is 2.17. The molecule has 0 aliphatic heterocycles. The van der Waals surface area contributed by atoms with Crippen LogP contribution in [-0.2, 0) is 6.54 Å².